The Morgan fingerprint density at radius 1 is 1.12 bits per heavy atom. The van der Waals surface area contributed by atoms with E-state index < -0.39 is 5.54 Å². The average Bonchev–Trinajstić information content (AvgIpc) is 2.68. The van der Waals surface area contributed by atoms with Gasteiger partial charge in [-0.15, -0.1) is 0 Å². The van der Waals surface area contributed by atoms with Crippen LogP contribution in [0.2, 0.25) is 0 Å². The Kier molecular flexibility index (Phi) is 5.47. The van der Waals surface area contributed by atoms with E-state index in [-0.39, 0.29) is 12.4 Å². The Morgan fingerprint density at radius 2 is 1.81 bits per heavy atom. The van der Waals surface area contributed by atoms with Crippen molar-refractivity contribution >= 4 is 5.97 Å². The van der Waals surface area contributed by atoms with Gasteiger partial charge in [0.2, 0.25) is 0 Å². The predicted octanol–water partition coefficient (Wildman–Crippen LogP) is 3.05. The Balaban J connectivity index is 2.19. The van der Waals surface area contributed by atoms with Crippen LogP contribution in [0.5, 0.6) is 11.5 Å². The van der Waals surface area contributed by atoms with Gasteiger partial charge in [-0.3, -0.25) is 4.79 Å². The quantitative estimate of drug-likeness (QED) is 0.807. The van der Waals surface area contributed by atoms with Gasteiger partial charge in [-0.05, 0) is 42.2 Å². The smallest absolute Gasteiger partial charge is 0.308 e. The molecule has 0 saturated carbocycles. The van der Waals surface area contributed by atoms with Crippen molar-refractivity contribution in [3.05, 3.63) is 59.2 Å². The largest absolute Gasteiger partial charge is 0.493 e. The number of nitrogens with one attached hydrogen (secondary N) is 1. The van der Waals surface area contributed by atoms with Crippen LogP contribution in [0.1, 0.15) is 30.0 Å². The second-order valence-corrected chi connectivity index (χ2v) is 6.29. The van der Waals surface area contributed by atoms with Crippen molar-refractivity contribution in [2.24, 2.45) is 0 Å². The van der Waals surface area contributed by atoms with Crippen LogP contribution in [-0.2, 0) is 21.5 Å². The minimum atomic E-state index is -0.652. The Morgan fingerprint density at radius 3 is 2.46 bits per heavy atom. The average molecular weight is 355 g/mol. The van der Waals surface area contributed by atoms with Crippen LogP contribution >= 0.6 is 0 Å². The molecule has 5 nitrogen and oxygen atoms in total. The number of ether oxygens (including phenoxy) is 3. The molecule has 1 aliphatic rings. The molecule has 0 bridgehead atoms. The Hall–Kier alpha value is -2.53. The van der Waals surface area contributed by atoms with Crippen LogP contribution in [0.4, 0.5) is 0 Å². The molecule has 0 aromatic heterocycles. The summed E-state index contributed by atoms with van der Waals surface area (Å²) in [5, 5.41) is 3.59. The zero-order valence-electron chi connectivity index (χ0n) is 15.5. The third kappa shape index (κ3) is 3.27. The van der Waals surface area contributed by atoms with E-state index in [2.05, 4.69) is 5.32 Å². The normalized spacial score (nSPS) is 18.7. The van der Waals surface area contributed by atoms with Gasteiger partial charge < -0.3 is 19.5 Å². The highest BCUT2D eigenvalue weighted by Crippen LogP contribution is 2.42. The third-order valence-corrected chi connectivity index (χ3v) is 4.87. The highest BCUT2D eigenvalue weighted by Gasteiger charge is 2.41. The van der Waals surface area contributed by atoms with Crippen LogP contribution in [0.15, 0.2) is 42.5 Å². The van der Waals surface area contributed by atoms with Crippen LogP contribution in [-0.4, -0.2) is 33.3 Å². The first-order valence-electron chi connectivity index (χ1n) is 8.86. The second-order valence-electron chi connectivity index (χ2n) is 6.29. The first-order chi connectivity index (χ1) is 12.6. The highest BCUT2D eigenvalue weighted by molar-refractivity contribution is 5.73. The lowest BCUT2D eigenvalue weighted by molar-refractivity contribution is -0.144. The molecule has 0 spiro atoms. The minimum Gasteiger partial charge on any atom is -0.493 e. The molecule has 2 aromatic rings. The fourth-order valence-corrected chi connectivity index (χ4v) is 3.70. The van der Waals surface area contributed by atoms with E-state index in [0.717, 1.165) is 29.7 Å². The summed E-state index contributed by atoms with van der Waals surface area (Å²) in [4.78, 5) is 12.5. The molecule has 0 fully saturated rings. The Labute approximate surface area is 154 Å². The van der Waals surface area contributed by atoms with E-state index in [9.17, 15) is 4.79 Å². The molecule has 1 aliphatic heterocycles. The number of esters is 1. The van der Waals surface area contributed by atoms with Crippen LogP contribution in [0, 0.1) is 0 Å². The summed E-state index contributed by atoms with van der Waals surface area (Å²) in [6, 6.07) is 14.0. The van der Waals surface area contributed by atoms with Gasteiger partial charge in [0.15, 0.2) is 11.5 Å². The fraction of sp³-hybridized carbons (Fsp3) is 0.381. The van der Waals surface area contributed by atoms with Gasteiger partial charge in [-0.25, -0.2) is 0 Å². The van der Waals surface area contributed by atoms with Crippen molar-refractivity contribution in [1.82, 2.24) is 5.32 Å². The van der Waals surface area contributed by atoms with Crippen LogP contribution in [0.3, 0.4) is 0 Å². The topological polar surface area (TPSA) is 56.8 Å². The molecule has 0 amide bonds. The lowest BCUT2D eigenvalue weighted by Crippen LogP contribution is -2.49. The second kappa shape index (κ2) is 7.79. The SMILES string of the molecule is CCOC(=O)CC1(c2ccccc2)NCCc2cc(OC)c(OC)cc21. The number of carbonyl (C=O) groups is 1. The van der Waals surface area contributed by atoms with E-state index >= 15 is 0 Å². The zero-order valence-corrected chi connectivity index (χ0v) is 15.5. The lowest BCUT2D eigenvalue weighted by Gasteiger charge is -2.40. The Bertz CT molecular complexity index is 775. The van der Waals surface area contributed by atoms with Crippen molar-refractivity contribution in [2.45, 2.75) is 25.3 Å². The lowest BCUT2D eigenvalue weighted by atomic mass is 9.75. The van der Waals surface area contributed by atoms with Gasteiger partial charge in [0.05, 0.1) is 32.8 Å². The molecule has 138 valence electrons. The molecular formula is C21H25NO4. The van der Waals surface area contributed by atoms with Gasteiger partial charge in [-0.2, -0.15) is 0 Å². The first-order valence-corrected chi connectivity index (χ1v) is 8.86. The zero-order chi connectivity index (χ0) is 18.6. The molecular weight excluding hydrogens is 330 g/mol. The van der Waals surface area contributed by atoms with E-state index in [0.29, 0.717) is 18.1 Å². The third-order valence-electron chi connectivity index (χ3n) is 4.87. The molecule has 2 aromatic carbocycles. The number of hydrogen-bond acceptors (Lipinski definition) is 5. The van der Waals surface area contributed by atoms with Crippen molar-refractivity contribution in [1.29, 1.82) is 0 Å². The molecule has 3 rings (SSSR count). The molecule has 1 atom stereocenters. The minimum absolute atomic E-state index is 0.216. The van der Waals surface area contributed by atoms with Crippen molar-refractivity contribution in [2.75, 3.05) is 27.4 Å². The monoisotopic (exact) mass is 355 g/mol. The maximum absolute atomic E-state index is 12.5. The molecule has 1 heterocycles. The summed E-state index contributed by atoms with van der Waals surface area (Å²) < 4.78 is 16.2. The standard InChI is InChI=1S/C21H25NO4/c1-4-26-20(23)14-21(16-8-6-5-7-9-16)17-13-19(25-3)18(24-2)12-15(17)10-11-22-21/h5-9,12-13,22H,4,10-11,14H2,1-3H3. The van der Waals surface area contributed by atoms with Crippen LogP contribution in [0.25, 0.3) is 0 Å². The van der Waals surface area contributed by atoms with Gasteiger partial charge in [-0.1, -0.05) is 30.3 Å². The maximum atomic E-state index is 12.5. The van der Waals surface area contributed by atoms with Gasteiger partial charge in [0.1, 0.15) is 0 Å². The molecule has 26 heavy (non-hydrogen) atoms. The summed E-state index contributed by atoms with van der Waals surface area (Å²) >= 11 is 0. The molecule has 0 saturated heterocycles. The number of carbonyl (C=O) groups excluding carboxylic acids is 1. The van der Waals surface area contributed by atoms with E-state index in [1.54, 1.807) is 14.2 Å². The van der Waals surface area contributed by atoms with Crippen LogP contribution < -0.4 is 14.8 Å². The summed E-state index contributed by atoms with van der Waals surface area (Å²) in [7, 11) is 3.25. The van der Waals surface area contributed by atoms with Crippen molar-refractivity contribution in [3.8, 4) is 11.5 Å². The summed E-state index contributed by atoms with van der Waals surface area (Å²) in [5.41, 5.74) is 2.55. The number of fused-ring (bicyclic) bond motifs is 1. The summed E-state index contributed by atoms with van der Waals surface area (Å²) in [5.74, 6) is 1.12. The number of rotatable bonds is 6. The van der Waals surface area contributed by atoms with Gasteiger partial charge in [0.25, 0.3) is 0 Å². The molecule has 1 unspecified atom stereocenters. The van der Waals surface area contributed by atoms with Crippen molar-refractivity contribution in [3.63, 3.8) is 0 Å². The van der Waals surface area contributed by atoms with Crippen molar-refractivity contribution < 1.29 is 19.0 Å². The van der Waals surface area contributed by atoms with E-state index in [1.165, 1.54) is 0 Å². The predicted molar refractivity (Wildman–Crippen MR) is 99.7 cm³/mol. The highest BCUT2D eigenvalue weighted by atomic mass is 16.5. The maximum Gasteiger partial charge on any atom is 0.308 e. The molecule has 0 radical (unpaired) electrons. The number of methoxy groups -OCH3 is 2. The number of hydrogen-bond donors (Lipinski definition) is 1. The van der Waals surface area contributed by atoms with E-state index in [1.807, 2.05) is 49.4 Å². The molecule has 5 heteroatoms. The van der Waals surface area contributed by atoms with Gasteiger partial charge in [0, 0.05) is 6.54 Å². The fourth-order valence-electron chi connectivity index (χ4n) is 3.70. The summed E-state index contributed by atoms with van der Waals surface area (Å²) in [6.45, 7) is 2.95. The molecule has 1 N–H and O–H groups in total. The van der Waals surface area contributed by atoms with Gasteiger partial charge >= 0.3 is 5.97 Å². The first kappa shape index (κ1) is 18.3. The number of benzene rings is 2. The van der Waals surface area contributed by atoms with E-state index in [4.69, 9.17) is 14.2 Å². The summed E-state index contributed by atoms with van der Waals surface area (Å²) in [6.07, 6.45) is 1.07. The molecule has 0 aliphatic carbocycles.